The summed E-state index contributed by atoms with van der Waals surface area (Å²) in [5, 5.41) is 8.49. The Kier molecular flexibility index (Phi) is 2.01. The van der Waals surface area contributed by atoms with Crippen LogP contribution in [-0.4, -0.2) is 10.1 Å². The number of hydrogen-bond donors (Lipinski definition) is 1. The van der Waals surface area contributed by atoms with E-state index in [2.05, 4.69) is 6.58 Å². The maximum atomic E-state index is 10.4. The minimum absolute atomic E-state index is 0.174. The van der Waals surface area contributed by atoms with Crippen LogP contribution in [0, 0.1) is 4.91 Å². The second kappa shape index (κ2) is 2.96. The van der Waals surface area contributed by atoms with Gasteiger partial charge in [0.25, 0.3) is 4.92 Å². The SMILES string of the molecule is C=Cc1cccc([N+](=O)O)c1. The topological polar surface area (TPSA) is 40.3 Å². The zero-order valence-corrected chi connectivity index (χ0v) is 5.90. The largest absolute Gasteiger partial charge is 0.317 e. The van der Waals surface area contributed by atoms with Crippen molar-refractivity contribution >= 4 is 11.8 Å². The van der Waals surface area contributed by atoms with E-state index in [9.17, 15) is 4.91 Å². The summed E-state index contributed by atoms with van der Waals surface area (Å²) in [4.78, 5) is 10.2. The van der Waals surface area contributed by atoms with Crippen LogP contribution in [0.2, 0.25) is 0 Å². The molecule has 0 heterocycles. The number of benzene rings is 1. The maximum absolute atomic E-state index is 10.4. The molecule has 0 aromatic heterocycles. The third-order valence-corrected chi connectivity index (χ3v) is 1.33. The Morgan fingerprint density at radius 1 is 1.55 bits per heavy atom. The first kappa shape index (κ1) is 7.47. The van der Waals surface area contributed by atoms with Crippen molar-refractivity contribution in [3.8, 4) is 0 Å². The van der Waals surface area contributed by atoms with Crippen molar-refractivity contribution in [1.29, 1.82) is 0 Å². The molecule has 3 heteroatoms. The van der Waals surface area contributed by atoms with Gasteiger partial charge >= 0.3 is 5.69 Å². The summed E-state index contributed by atoms with van der Waals surface area (Å²) in [5.74, 6) is 0. The van der Waals surface area contributed by atoms with Gasteiger partial charge in [-0.1, -0.05) is 24.8 Å². The van der Waals surface area contributed by atoms with E-state index in [1.54, 1.807) is 24.3 Å². The molecule has 0 aliphatic rings. The highest BCUT2D eigenvalue weighted by atomic mass is 16.6. The highest BCUT2D eigenvalue weighted by molar-refractivity contribution is 5.51. The van der Waals surface area contributed by atoms with Gasteiger partial charge in [0.1, 0.15) is 0 Å². The van der Waals surface area contributed by atoms with Crippen molar-refractivity contribution in [2.75, 3.05) is 0 Å². The summed E-state index contributed by atoms with van der Waals surface area (Å²) < 4.78 is 0. The lowest BCUT2D eigenvalue weighted by molar-refractivity contribution is -0.729. The fourth-order valence-corrected chi connectivity index (χ4v) is 0.771. The van der Waals surface area contributed by atoms with Crippen molar-refractivity contribution in [1.82, 2.24) is 0 Å². The van der Waals surface area contributed by atoms with Gasteiger partial charge in [0.15, 0.2) is 0 Å². The van der Waals surface area contributed by atoms with E-state index in [4.69, 9.17) is 5.21 Å². The molecule has 0 radical (unpaired) electrons. The van der Waals surface area contributed by atoms with Crippen LogP contribution in [0.1, 0.15) is 5.56 Å². The van der Waals surface area contributed by atoms with Gasteiger partial charge in [0, 0.05) is 12.1 Å². The van der Waals surface area contributed by atoms with E-state index in [-0.39, 0.29) is 10.6 Å². The molecule has 1 rings (SSSR count). The third kappa shape index (κ3) is 1.64. The predicted molar refractivity (Wildman–Crippen MR) is 41.6 cm³/mol. The van der Waals surface area contributed by atoms with Crippen LogP contribution in [0.15, 0.2) is 30.8 Å². The number of hydrogen-bond acceptors (Lipinski definition) is 1. The van der Waals surface area contributed by atoms with Crippen molar-refractivity contribution in [3.63, 3.8) is 0 Å². The summed E-state index contributed by atoms with van der Waals surface area (Å²) in [7, 11) is 0. The van der Waals surface area contributed by atoms with E-state index < -0.39 is 0 Å². The minimum Gasteiger partial charge on any atom is -0.241 e. The van der Waals surface area contributed by atoms with Gasteiger partial charge in [0.2, 0.25) is 0 Å². The smallest absolute Gasteiger partial charge is 0.241 e. The lowest BCUT2D eigenvalue weighted by Gasteiger charge is -1.88. The molecular formula is C8H8NO2+. The van der Waals surface area contributed by atoms with E-state index >= 15 is 0 Å². The average Bonchev–Trinajstić information content (AvgIpc) is 2.05. The minimum atomic E-state index is -0.174. The van der Waals surface area contributed by atoms with E-state index in [0.29, 0.717) is 0 Å². The average molecular weight is 150 g/mol. The molecule has 56 valence electrons. The van der Waals surface area contributed by atoms with Crippen molar-refractivity contribution in [2.24, 2.45) is 0 Å². The normalized spacial score (nSPS) is 9.09. The molecular weight excluding hydrogens is 142 g/mol. The van der Waals surface area contributed by atoms with Crippen LogP contribution >= 0.6 is 0 Å². The fraction of sp³-hybridized carbons (Fsp3) is 0. The Bertz CT molecular complexity index is 294. The Hall–Kier alpha value is -1.64. The van der Waals surface area contributed by atoms with E-state index in [1.165, 1.54) is 6.07 Å². The second-order valence-electron chi connectivity index (χ2n) is 2.07. The van der Waals surface area contributed by atoms with Gasteiger partial charge in [-0.3, -0.25) is 0 Å². The van der Waals surface area contributed by atoms with Gasteiger partial charge in [-0.15, -0.1) is 0 Å². The Balaban J connectivity index is 3.10. The highest BCUT2D eigenvalue weighted by Crippen LogP contribution is 2.12. The molecule has 0 saturated heterocycles. The fourth-order valence-electron chi connectivity index (χ4n) is 0.771. The molecule has 0 amide bonds. The van der Waals surface area contributed by atoms with E-state index in [1.807, 2.05) is 0 Å². The zero-order chi connectivity index (χ0) is 8.27. The number of nitrogens with zero attached hydrogens (tertiary/aromatic N) is 1. The van der Waals surface area contributed by atoms with Crippen molar-refractivity contribution < 1.29 is 10.1 Å². The third-order valence-electron chi connectivity index (χ3n) is 1.33. The lowest BCUT2D eigenvalue weighted by atomic mass is 10.2. The van der Waals surface area contributed by atoms with Crippen LogP contribution in [0.4, 0.5) is 5.69 Å². The first-order valence-electron chi connectivity index (χ1n) is 3.12. The molecule has 0 atom stereocenters. The van der Waals surface area contributed by atoms with Crippen molar-refractivity contribution in [3.05, 3.63) is 41.3 Å². The molecule has 11 heavy (non-hydrogen) atoms. The molecule has 3 nitrogen and oxygen atoms in total. The monoisotopic (exact) mass is 150 g/mol. The summed E-state index contributed by atoms with van der Waals surface area (Å²) in [6.07, 6.45) is 1.60. The number of rotatable bonds is 2. The summed E-state index contributed by atoms with van der Waals surface area (Å²) in [6, 6.07) is 6.52. The molecule has 0 saturated carbocycles. The quantitative estimate of drug-likeness (QED) is 0.656. The van der Waals surface area contributed by atoms with Gasteiger partial charge in [-0.25, -0.2) is 5.21 Å². The van der Waals surface area contributed by atoms with Crippen LogP contribution in [0.5, 0.6) is 0 Å². The lowest BCUT2D eigenvalue weighted by Crippen LogP contribution is -1.90. The summed E-state index contributed by atoms with van der Waals surface area (Å²) in [6.45, 7) is 3.53. The van der Waals surface area contributed by atoms with Gasteiger partial charge in [-0.05, 0) is 5.56 Å². The maximum Gasteiger partial charge on any atom is 0.317 e. The van der Waals surface area contributed by atoms with Crippen LogP contribution in [0.25, 0.3) is 6.08 Å². The molecule has 0 bridgehead atoms. The molecule has 0 fully saturated rings. The molecule has 1 aromatic rings. The molecule has 1 aromatic carbocycles. The zero-order valence-electron chi connectivity index (χ0n) is 5.90. The van der Waals surface area contributed by atoms with Gasteiger partial charge in [-0.2, -0.15) is 0 Å². The van der Waals surface area contributed by atoms with Crippen LogP contribution < -0.4 is 0 Å². The van der Waals surface area contributed by atoms with Crippen molar-refractivity contribution in [2.45, 2.75) is 0 Å². The summed E-state index contributed by atoms with van der Waals surface area (Å²) in [5.41, 5.74) is 1.01. The first-order valence-corrected chi connectivity index (χ1v) is 3.12. The van der Waals surface area contributed by atoms with Crippen LogP contribution in [-0.2, 0) is 0 Å². The second-order valence-corrected chi connectivity index (χ2v) is 2.07. The Labute approximate surface area is 64.1 Å². The Morgan fingerprint density at radius 3 is 2.82 bits per heavy atom. The van der Waals surface area contributed by atoms with Gasteiger partial charge < -0.3 is 0 Å². The molecule has 0 spiro atoms. The molecule has 1 N–H and O–H groups in total. The predicted octanol–water partition coefficient (Wildman–Crippen LogP) is 2.13. The standard InChI is InChI=1S/C8H8NO2/c1-2-7-4-3-5-8(6-7)9(10)11/h2-6H,1H2,(H,10,11)/q+1. The van der Waals surface area contributed by atoms with Gasteiger partial charge in [0.05, 0.1) is 4.91 Å². The highest BCUT2D eigenvalue weighted by Gasteiger charge is 2.09. The van der Waals surface area contributed by atoms with Crippen LogP contribution in [0.3, 0.4) is 0 Å². The van der Waals surface area contributed by atoms with E-state index in [0.717, 1.165) is 5.56 Å². The molecule has 0 unspecified atom stereocenters. The molecule has 0 aliphatic carbocycles. The molecule has 0 aliphatic heterocycles. The first-order chi connectivity index (χ1) is 5.24. The summed E-state index contributed by atoms with van der Waals surface area (Å²) >= 11 is 0. The Morgan fingerprint density at radius 2 is 2.27 bits per heavy atom.